The van der Waals surface area contributed by atoms with Gasteiger partial charge >= 0.3 is 0 Å². The van der Waals surface area contributed by atoms with E-state index in [4.69, 9.17) is 4.99 Å². The molecule has 0 fully saturated rings. The van der Waals surface area contributed by atoms with Gasteiger partial charge < -0.3 is 10.2 Å². The molecule has 1 aromatic carbocycles. The van der Waals surface area contributed by atoms with Crippen molar-refractivity contribution < 1.29 is 0 Å². The molecule has 1 heterocycles. The number of aromatic nitrogens is 2. The van der Waals surface area contributed by atoms with Gasteiger partial charge in [0.1, 0.15) is 0 Å². The van der Waals surface area contributed by atoms with Crippen LogP contribution in [-0.2, 0) is 13.0 Å². The van der Waals surface area contributed by atoms with Crippen molar-refractivity contribution in [1.29, 1.82) is 0 Å². The molecule has 0 atom stereocenters. The Morgan fingerprint density at radius 3 is 2.64 bits per heavy atom. The molecule has 2 rings (SSSR count). The highest BCUT2D eigenvalue weighted by atomic mass is 127. The highest BCUT2D eigenvalue weighted by Crippen LogP contribution is 2.12. The molecule has 1 aromatic heterocycles. The summed E-state index contributed by atoms with van der Waals surface area (Å²) in [7, 11) is 2.07. The molecule has 2 aromatic rings. The van der Waals surface area contributed by atoms with Crippen LogP contribution in [0.3, 0.4) is 0 Å². The first-order valence-corrected chi connectivity index (χ1v) is 9.12. The number of aromatic amines is 1. The zero-order chi connectivity index (χ0) is 17.4. The van der Waals surface area contributed by atoms with Crippen molar-refractivity contribution in [2.45, 2.75) is 33.2 Å². The predicted octanol–water partition coefficient (Wildman–Crippen LogP) is 4.13. The molecule has 0 spiro atoms. The lowest BCUT2D eigenvalue weighted by atomic mass is 10.1. The van der Waals surface area contributed by atoms with Crippen LogP contribution in [0.15, 0.2) is 39.9 Å². The topological polar surface area (TPSA) is 56.3 Å². The molecule has 0 unspecified atom stereocenters. The van der Waals surface area contributed by atoms with Gasteiger partial charge in [-0.1, -0.05) is 28.1 Å². The molecular weight excluding hydrogens is 493 g/mol. The molecule has 0 bridgehead atoms. The maximum atomic E-state index is 4.75. The Morgan fingerprint density at radius 2 is 2.04 bits per heavy atom. The molecule has 0 amide bonds. The summed E-state index contributed by atoms with van der Waals surface area (Å²) < 4.78 is 1.10. The van der Waals surface area contributed by atoms with Gasteiger partial charge in [-0.15, -0.1) is 24.0 Å². The number of hydrogen-bond acceptors (Lipinski definition) is 2. The van der Waals surface area contributed by atoms with Crippen molar-refractivity contribution in [3.8, 4) is 0 Å². The SMILES string of the molecule is CCNC(=NCCCc1cn[nH]c1C)N(C)Cc1ccc(Br)cc1.I. The summed E-state index contributed by atoms with van der Waals surface area (Å²) in [6.07, 6.45) is 3.92. The number of nitrogens with one attached hydrogen (secondary N) is 2. The van der Waals surface area contributed by atoms with E-state index in [1.54, 1.807) is 0 Å². The van der Waals surface area contributed by atoms with Gasteiger partial charge in [0.25, 0.3) is 0 Å². The van der Waals surface area contributed by atoms with Crippen LogP contribution in [0.4, 0.5) is 0 Å². The normalized spacial score (nSPS) is 11.1. The van der Waals surface area contributed by atoms with Gasteiger partial charge in [0, 0.05) is 36.8 Å². The average Bonchev–Trinajstić information content (AvgIpc) is 2.97. The van der Waals surface area contributed by atoms with Crippen molar-refractivity contribution in [2.75, 3.05) is 20.1 Å². The van der Waals surface area contributed by atoms with E-state index in [0.717, 1.165) is 48.6 Å². The summed E-state index contributed by atoms with van der Waals surface area (Å²) in [6, 6.07) is 8.40. The lowest BCUT2D eigenvalue weighted by Crippen LogP contribution is -2.38. The minimum absolute atomic E-state index is 0. The molecule has 138 valence electrons. The standard InChI is InChI=1S/C18H26BrN5.HI/c1-4-20-18(21-11-5-6-16-12-22-23-14(16)2)24(3)13-15-7-9-17(19)10-8-15;/h7-10,12H,4-6,11,13H2,1-3H3,(H,20,21)(H,22,23);1H. The summed E-state index contributed by atoms with van der Waals surface area (Å²) >= 11 is 3.47. The Kier molecular flexibility index (Phi) is 10.1. The zero-order valence-electron chi connectivity index (χ0n) is 15.1. The van der Waals surface area contributed by atoms with Crippen molar-refractivity contribution in [1.82, 2.24) is 20.4 Å². The summed E-state index contributed by atoms with van der Waals surface area (Å²) in [5.41, 5.74) is 3.69. The van der Waals surface area contributed by atoms with Gasteiger partial charge in [-0.25, -0.2) is 0 Å². The van der Waals surface area contributed by atoms with Crippen LogP contribution in [0.5, 0.6) is 0 Å². The number of aliphatic imine (C=N–C) groups is 1. The van der Waals surface area contributed by atoms with E-state index in [0.29, 0.717) is 0 Å². The second-order valence-electron chi connectivity index (χ2n) is 5.84. The van der Waals surface area contributed by atoms with Crippen LogP contribution in [0.2, 0.25) is 0 Å². The van der Waals surface area contributed by atoms with Gasteiger partial charge in [0.05, 0.1) is 6.20 Å². The van der Waals surface area contributed by atoms with Crippen LogP contribution in [-0.4, -0.2) is 41.2 Å². The fourth-order valence-electron chi connectivity index (χ4n) is 2.49. The van der Waals surface area contributed by atoms with E-state index >= 15 is 0 Å². The van der Waals surface area contributed by atoms with E-state index in [-0.39, 0.29) is 24.0 Å². The summed E-state index contributed by atoms with van der Waals surface area (Å²) in [6.45, 7) is 6.65. The Labute approximate surface area is 175 Å². The zero-order valence-corrected chi connectivity index (χ0v) is 19.0. The molecule has 0 aliphatic rings. The van der Waals surface area contributed by atoms with Gasteiger partial charge in [-0.05, 0) is 49.9 Å². The lowest BCUT2D eigenvalue weighted by Gasteiger charge is -2.22. The maximum absolute atomic E-state index is 4.75. The van der Waals surface area contributed by atoms with Crippen LogP contribution >= 0.6 is 39.9 Å². The van der Waals surface area contributed by atoms with Crippen LogP contribution in [0, 0.1) is 6.92 Å². The maximum Gasteiger partial charge on any atom is 0.193 e. The summed E-state index contributed by atoms with van der Waals surface area (Å²) in [5.74, 6) is 0.948. The third-order valence-electron chi connectivity index (χ3n) is 3.83. The van der Waals surface area contributed by atoms with E-state index in [1.165, 1.54) is 11.1 Å². The van der Waals surface area contributed by atoms with Crippen molar-refractivity contribution in [3.63, 3.8) is 0 Å². The Morgan fingerprint density at radius 1 is 1.32 bits per heavy atom. The van der Waals surface area contributed by atoms with Gasteiger partial charge in [-0.3, -0.25) is 10.1 Å². The highest BCUT2D eigenvalue weighted by Gasteiger charge is 2.06. The molecule has 0 saturated heterocycles. The third-order valence-corrected chi connectivity index (χ3v) is 4.36. The van der Waals surface area contributed by atoms with Gasteiger partial charge in [0.15, 0.2) is 5.96 Å². The predicted molar refractivity (Wildman–Crippen MR) is 119 cm³/mol. The van der Waals surface area contributed by atoms with Crippen LogP contribution in [0.1, 0.15) is 30.2 Å². The second kappa shape index (κ2) is 11.5. The number of H-pyrrole nitrogens is 1. The number of nitrogens with zero attached hydrogens (tertiary/aromatic N) is 3. The molecular formula is C18H27BrIN5. The molecule has 2 N–H and O–H groups in total. The fourth-order valence-corrected chi connectivity index (χ4v) is 2.75. The van der Waals surface area contributed by atoms with Crippen molar-refractivity contribution in [3.05, 3.63) is 51.8 Å². The Balaban J connectivity index is 0.00000312. The first kappa shape index (κ1) is 22.0. The Bertz CT molecular complexity index is 654. The van der Waals surface area contributed by atoms with E-state index in [9.17, 15) is 0 Å². The van der Waals surface area contributed by atoms with Crippen molar-refractivity contribution in [2.24, 2.45) is 4.99 Å². The average molecular weight is 520 g/mol. The number of guanidine groups is 1. The van der Waals surface area contributed by atoms with Crippen LogP contribution in [0.25, 0.3) is 0 Å². The van der Waals surface area contributed by atoms with E-state index < -0.39 is 0 Å². The molecule has 25 heavy (non-hydrogen) atoms. The Hall–Kier alpha value is -1.09. The fraction of sp³-hybridized carbons (Fsp3) is 0.444. The van der Waals surface area contributed by atoms with E-state index in [2.05, 4.69) is 81.5 Å². The molecule has 0 aliphatic heterocycles. The minimum atomic E-state index is 0. The number of aryl methyl sites for hydroxylation is 2. The highest BCUT2D eigenvalue weighted by molar-refractivity contribution is 14.0. The van der Waals surface area contributed by atoms with Crippen LogP contribution < -0.4 is 5.32 Å². The van der Waals surface area contributed by atoms with Gasteiger partial charge in [0.2, 0.25) is 0 Å². The minimum Gasteiger partial charge on any atom is -0.357 e. The first-order chi connectivity index (χ1) is 11.6. The number of hydrogen-bond donors (Lipinski definition) is 2. The van der Waals surface area contributed by atoms with Crippen molar-refractivity contribution >= 4 is 45.9 Å². The quantitative estimate of drug-likeness (QED) is 0.250. The number of rotatable bonds is 7. The summed E-state index contributed by atoms with van der Waals surface area (Å²) in [5, 5.41) is 10.4. The molecule has 5 nitrogen and oxygen atoms in total. The van der Waals surface area contributed by atoms with E-state index in [1.807, 2.05) is 6.20 Å². The molecule has 0 aliphatic carbocycles. The summed E-state index contributed by atoms with van der Waals surface area (Å²) in [4.78, 5) is 6.91. The number of halogens is 2. The first-order valence-electron chi connectivity index (χ1n) is 8.33. The smallest absolute Gasteiger partial charge is 0.193 e. The third kappa shape index (κ3) is 7.35. The lowest BCUT2D eigenvalue weighted by molar-refractivity contribution is 0.476. The largest absolute Gasteiger partial charge is 0.357 e. The molecule has 7 heteroatoms. The monoisotopic (exact) mass is 519 g/mol. The van der Waals surface area contributed by atoms with Gasteiger partial charge in [-0.2, -0.15) is 5.10 Å². The number of benzene rings is 1. The second-order valence-corrected chi connectivity index (χ2v) is 6.76. The molecule has 0 radical (unpaired) electrons. The molecule has 0 saturated carbocycles.